The van der Waals surface area contributed by atoms with Crippen molar-refractivity contribution in [3.8, 4) is 6.07 Å². The summed E-state index contributed by atoms with van der Waals surface area (Å²) < 4.78 is 27.8. The normalized spacial score (nSPS) is 15.0. The molecule has 0 spiro atoms. The number of rotatable bonds is 11. The minimum atomic E-state index is -3.54. The molecule has 0 radical (unpaired) electrons. The first-order valence-corrected chi connectivity index (χ1v) is 19.0. The molecule has 5 rings (SSSR count). The molecule has 1 heterocycles. The third-order valence-electron chi connectivity index (χ3n) is 9.09. The molecule has 1 aliphatic rings. The lowest BCUT2D eigenvalue weighted by atomic mass is 9.88. The van der Waals surface area contributed by atoms with E-state index in [9.17, 15) is 18.5 Å². The van der Waals surface area contributed by atoms with Gasteiger partial charge in [0.2, 0.25) is 10.0 Å². The smallest absolute Gasteiger partial charge is 0.255 e. The second-order valence-electron chi connectivity index (χ2n) is 11.9. The number of carbonyl (C=O) groups excluding carboxylic acids is 1. The number of amides is 1. The Bertz CT molecular complexity index is 1920. The van der Waals surface area contributed by atoms with Gasteiger partial charge in [0.05, 0.1) is 26.1 Å². The molecule has 1 N–H and O–H groups in total. The number of piperidine rings is 1. The van der Waals surface area contributed by atoms with E-state index >= 15 is 0 Å². The number of hydrogen-bond donors (Lipinski definition) is 1. The monoisotopic (exact) mass is 708 g/mol. The van der Waals surface area contributed by atoms with Crippen molar-refractivity contribution in [1.82, 2.24) is 14.5 Å². The number of sulfonamides is 1. The van der Waals surface area contributed by atoms with Crippen LogP contribution in [0.2, 0.25) is 10.0 Å². The third-order valence-corrected chi connectivity index (χ3v) is 12.2. The highest BCUT2D eigenvalue weighted by Gasteiger charge is 2.28. The average molecular weight is 710 g/mol. The Labute approximate surface area is 291 Å². The van der Waals surface area contributed by atoms with Gasteiger partial charge in [0.1, 0.15) is 6.07 Å². The molecule has 4 aromatic rings. The summed E-state index contributed by atoms with van der Waals surface area (Å²) in [5.41, 5.74) is 2.91. The maximum atomic E-state index is 14.2. The largest absolute Gasteiger partial charge is 0.341 e. The van der Waals surface area contributed by atoms with Crippen molar-refractivity contribution < 1.29 is 13.2 Å². The minimum absolute atomic E-state index is 0.0268. The summed E-state index contributed by atoms with van der Waals surface area (Å²) in [6.07, 6.45) is 4.37. The molecule has 0 saturated carbocycles. The molecule has 1 atom stereocenters. The average Bonchev–Trinajstić information content (AvgIpc) is 3.10. The summed E-state index contributed by atoms with van der Waals surface area (Å²) in [7, 11) is -0.289. The van der Waals surface area contributed by atoms with Crippen LogP contribution in [0, 0.1) is 11.3 Å². The molecule has 1 saturated heterocycles. The van der Waals surface area contributed by atoms with Gasteiger partial charge in [-0.15, -0.1) is 11.8 Å². The number of fused-ring (bicyclic) bond motifs is 1. The van der Waals surface area contributed by atoms with Gasteiger partial charge in [0.25, 0.3) is 5.91 Å². The van der Waals surface area contributed by atoms with Crippen molar-refractivity contribution >= 4 is 61.7 Å². The van der Waals surface area contributed by atoms with Crippen LogP contribution in [-0.4, -0.2) is 70.7 Å². The van der Waals surface area contributed by atoms with Crippen LogP contribution in [0.15, 0.2) is 82.6 Å². The number of hydrogen-bond acceptors (Lipinski definition) is 6. The third kappa shape index (κ3) is 7.80. The highest BCUT2D eigenvalue weighted by Crippen LogP contribution is 2.36. The van der Waals surface area contributed by atoms with E-state index in [1.165, 1.54) is 18.8 Å². The lowest BCUT2D eigenvalue weighted by Gasteiger charge is -2.34. The van der Waals surface area contributed by atoms with Crippen LogP contribution < -0.4 is 4.72 Å². The topological polar surface area (TPSA) is 93.5 Å². The standard InChI is InChI=1S/C36H38Cl2N4O3S2/c1-40-47(44,45)33-11-7-6-9-29(33)24-14-17-42(18-15-24)19-16-27(25-12-13-31(37)32(38)21-25)23-41(2)36(43)34-30-10-5-4-8-26(30)20-28(22-39)35(34)46-3/h4-13,20-21,24,27,40H,14-19,23H2,1-3H3. The molecule has 1 amide bonds. The van der Waals surface area contributed by atoms with Gasteiger partial charge in [-0.25, -0.2) is 13.1 Å². The Kier molecular flexibility index (Phi) is 11.5. The van der Waals surface area contributed by atoms with Crippen molar-refractivity contribution in [3.05, 3.63) is 105 Å². The summed E-state index contributed by atoms with van der Waals surface area (Å²) in [6.45, 7) is 2.93. The van der Waals surface area contributed by atoms with E-state index < -0.39 is 10.0 Å². The quantitative estimate of drug-likeness (QED) is 0.160. The molecule has 1 unspecified atom stereocenters. The van der Waals surface area contributed by atoms with Crippen LogP contribution in [0.1, 0.15) is 58.1 Å². The van der Waals surface area contributed by atoms with Gasteiger partial charge in [-0.3, -0.25) is 4.79 Å². The number of benzene rings is 4. The number of nitriles is 1. The SMILES string of the molecule is CNS(=O)(=O)c1ccccc1C1CCN(CCC(CN(C)C(=O)c2c(SC)c(C#N)cc3ccccc23)c2ccc(Cl)c(Cl)c2)CC1. The van der Waals surface area contributed by atoms with Gasteiger partial charge in [0.15, 0.2) is 0 Å². The predicted molar refractivity (Wildman–Crippen MR) is 192 cm³/mol. The number of thioether (sulfide) groups is 1. The zero-order valence-corrected chi connectivity index (χ0v) is 29.8. The van der Waals surface area contributed by atoms with Gasteiger partial charge in [0, 0.05) is 24.4 Å². The molecule has 246 valence electrons. The van der Waals surface area contributed by atoms with E-state index in [1.807, 2.05) is 67.9 Å². The molecule has 0 aromatic heterocycles. The van der Waals surface area contributed by atoms with E-state index in [-0.39, 0.29) is 17.7 Å². The highest BCUT2D eigenvalue weighted by atomic mass is 35.5. The number of likely N-dealkylation sites (tertiary alicyclic amines) is 1. The molecule has 1 fully saturated rings. The second-order valence-corrected chi connectivity index (χ2v) is 15.4. The summed E-state index contributed by atoms with van der Waals surface area (Å²) >= 11 is 14.2. The van der Waals surface area contributed by atoms with Crippen LogP contribution in [0.25, 0.3) is 10.8 Å². The Morgan fingerprint density at radius 2 is 1.77 bits per heavy atom. The van der Waals surface area contributed by atoms with E-state index in [2.05, 4.69) is 15.7 Å². The lowest BCUT2D eigenvalue weighted by molar-refractivity contribution is 0.0780. The molecule has 7 nitrogen and oxygen atoms in total. The first-order valence-electron chi connectivity index (χ1n) is 15.5. The fourth-order valence-corrected chi connectivity index (χ4v) is 8.60. The molecular formula is C36H38Cl2N4O3S2. The second kappa shape index (κ2) is 15.4. The Morgan fingerprint density at radius 1 is 1.06 bits per heavy atom. The molecular weight excluding hydrogens is 671 g/mol. The number of nitrogens with one attached hydrogen (secondary N) is 1. The zero-order valence-electron chi connectivity index (χ0n) is 26.7. The number of halogens is 2. The Hall–Kier alpha value is -3.10. The van der Waals surface area contributed by atoms with Gasteiger partial charge in [-0.1, -0.05) is 71.7 Å². The van der Waals surface area contributed by atoms with Gasteiger partial charge in [-0.2, -0.15) is 5.26 Å². The number of nitrogens with zero attached hydrogens (tertiary/aromatic N) is 3. The Balaban J connectivity index is 1.34. The molecule has 4 aromatic carbocycles. The predicted octanol–water partition coefficient (Wildman–Crippen LogP) is 7.77. The fraction of sp³-hybridized carbons (Fsp3) is 0.333. The van der Waals surface area contributed by atoms with Crippen molar-refractivity contribution in [3.63, 3.8) is 0 Å². The molecule has 0 bridgehead atoms. The van der Waals surface area contributed by atoms with E-state index in [4.69, 9.17) is 23.2 Å². The van der Waals surface area contributed by atoms with Crippen LogP contribution in [0.5, 0.6) is 0 Å². The lowest BCUT2D eigenvalue weighted by Crippen LogP contribution is -2.36. The summed E-state index contributed by atoms with van der Waals surface area (Å²) in [5.74, 6) is -0.00498. The van der Waals surface area contributed by atoms with E-state index in [0.717, 1.165) is 60.8 Å². The van der Waals surface area contributed by atoms with Crippen LogP contribution in [0.3, 0.4) is 0 Å². The first kappa shape index (κ1) is 35.2. The van der Waals surface area contributed by atoms with Crippen LogP contribution in [0.4, 0.5) is 0 Å². The van der Waals surface area contributed by atoms with Crippen molar-refractivity contribution in [2.24, 2.45) is 0 Å². The zero-order chi connectivity index (χ0) is 33.7. The molecule has 47 heavy (non-hydrogen) atoms. The molecule has 11 heteroatoms. The summed E-state index contributed by atoms with van der Waals surface area (Å²) in [6, 6.07) is 24.7. The molecule has 0 aliphatic carbocycles. The number of likely N-dealkylation sites (N-methyl/N-ethyl adjacent to an activating group) is 1. The van der Waals surface area contributed by atoms with E-state index in [1.54, 1.807) is 23.1 Å². The minimum Gasteiger partial charge on any atom is -0.341 e. The van der Waals surface area contributed by atoms with Crippen molar-refractivity contribution in [2.75, 3.05) is 46.5 Å². The van der Waals surface area contributed by atoms with Gasteiger partial charge < -0.3 is 9.80 Å². The highest BCUT2D eigenvalue weighted by molar-refractivity contribution is 7.98. The summed E-state index contributed by atoms with van der Waals surface area (Å²) in [5, 5.41) is 12.5. The van der Waals surface area contributed by atoms with Crippen molar-refractivity contribution in [2.45, 2.75) is 40.9 Å². The maximum absolute atomic E-state index is 14.2. The van der Waals surface area contributed by atoms with Gasteiger partial charge in [-0.05, 0) is 104 Å². The summed E-state index contributed by atoms with van der Waals surface area (Å²) in [4.78, 5) is 19.4. The van der Waals surface area contributed by atoms with Crippen molar-refractivity contribution in [1.29, 1.82) is 5.26 Å². The van der Waals surface area contributed by atoms with Gasteiger partial charge >= 0.3 is 0 Å². The Morgan fingerprint density at radius 3 is 2.45 bits per heavy atom. The number of carbonyl (C=O) groups is 1. The first-order chi connectivity index (χ1) is 22.6. The fourth-order valence-electron chi connectivity index (χ4n) is 6.55. The van der Waals surface area contributed by atoms with Crippen LogP contribution >= 0.6 is 35.0 Å². The van der Waals surface area contributed by atoms with E-state index in [0.29, 0.717) is 37.5 Å². The van der Waals surface area contributed by atoms with Crippen LogP contribution in [-0.2, 0) is 10.0 Å². The maximum Gasteiger partial charge on any atom is 0.255 e. The molecule has 1 aliphatic heterocycles.